The second kappa shape index (κ2) is 7.78. The highest BCUT2D eigenvalue weighted by atomic mass is 16.2. The predicted molar refractivity (Wildman–Crippen MR) is 104 cm³/mol. The number of amides is 4. The molecule has 2 aliphatic heterocycles. The smallest absolute Gasteiger partial charge is 0.255 e. The molecule has 4 amide bonds. The molecule has 0 aromatic rings. The van der Waals surface area contributed by atoms with Crippen molar-refractivity contribution >= 4 is 36.1 Å². The van der Waals surface area contributed by atoms with Crippen molar-refractivity contribution in [2.45, 2.75) is 32.2 Å². The van der Waals surface area contributed by atoms with E-state index in [-0.39, 0.29) is 31.3 Å². The van der Waals surface area contributed by atoms with E-state index >= 15 is 0 Å². The molecule has 1 fully saturated rings. The molecule has 10 nitrogen and oxygen atoms in total. The molecule has 2 heterocycles. The molecule has 0 aromatic carbocycles. The van der Waals surface area contributed by atoms with E-state index in [0.29, 0.717) is 13.0 Å². The van der Waals surface area contributed by atoms with Gasteiger partial charge < -0.3 is 15.1 Å². The summed E-state index contributed by atoms with van der Waals surface area (Å²) in [4.78, 5) is 56.7. The number of aliphatic imine (C=N–C) groups is 1. The van der Waals surface area contributed by atoms with E-state index in [4.69, 9.17) is 0 Å². The number of nitrogens with zero attached hydrogens (tertiary/aromatic N) is 5. The van der Waals surface area contributed by atoms with E-state index < -0.39 is 22.8 Å². The van der Waals surface area contributed by atoms with Crippen molar-refractivity contribution in [2.75, 3.05) is 40.8 Å². The van der Waals surface area contributed by atoms with Crippen molar-refractivity contribution in [3.8, 4) is 0 Å². The van der Waals surface area contributed by atoms with Gasteiger partial charge in [-0.25, -0.2) is 10.0 Å². The lowest BCUT2D eigenvalue weighted by molar-refractivity contribution is -0.155. The van der Waals surface area contributed by atoms with Gasteiger partial charge in [-0.2, -0.15) is 5.10 Å². The largest absolute Gasteiger partial charge is 0.339 e. The lowest BCUT2D eigenvalue weighted by atomic mass is 9.79. The van der Waals surface area contributed by atoms with E-state index in [0.717, 1.165) is 5.71 Å². The van der Waals surface area contributed by atoms with Crippen LogP contribution in [0.2, 0.25) is 0 Å². The van der Waals surface area contributed by atoms with E-state index in [1.165, 1.54) is 21.9 Å². The lowest BCUT2D eigenvalue weighted by Gasteiger charge is -2.44. The molecule has 1 saturated heterocycles. The van der Waals surface area contributed by atoms with Crippen LogP contribution in [0, 0.1) is 5.41 Å². The minimum atomic E-state index is -1.44. The molecule has 0 saturated carbocycles. The summed E-state index contributed by atoms with van der Waals surface area (Å²) in [6.45, 7) is 7.05. The Morgan fingerprint density at radius 2 is 2.07 bits per heavy atom. The Balaban J connectivity index is 2.33. The molecule has 0 aliphatic carbocycles. The molecule has 2 unspecified atom stereocenters. The molecule has 2 atom stereocenters. The molecule has 10 heteroatoms. The molecular formula is C18H28N6O4. The monoisotopic (exact) mass is 392 g/mol. The first-order chi connectivity index (χ1) is 13.0. The SMILES string of the molecule is C=NC(=O)CC(C)(C(=O)N1CCC2=NN(C)C(=O)C2(C)C1)N(C)C(=O)CNC. The van der Waals surface area contributed by atoms with Crippen molar-refractivity contribution in [3.05, 3.63) is 0 Å². The topological polar surface area (TPSA) is 115 Å². The molecule has 2 rings (SSSR count). The Morgan fingerprint density at radius 3 is 2.64 bits per heavy atom. The van der Waals surface area contributed by atoms with Crippen LogP contribution in [0.25, 0.3) is 0 Å². The van der Waals surface area contributed by atoms with Gasteiger partial charge in [0.2, 0.25) is 17.7 Å². The number of carbonyl (C=O) groups is 4. The van der Waals surface area contributed by atoms with E-state index in [1.807, 2.05) is 0 Å². The van der Waals surface area contributed by atoms with Crippen LogP contribution in [0.5, 0.6) is 0 Å². The standard InChI is InChI=1S/C18H28N6O4/c1-17-11-24(8-7-12(17)21-23(6)15(17)27)16(28)18(2,9-13(25)20-4)22(5)14(26)10-19-3/h19H,4,7-11H2,1-3,5-6H3. The van der Waals surface area contributed by atoms with Gasteiger partial charge in [-0.05, 0) is 27.6 Å². The maximum absolute atomic E-state index is 13.5. The summed E-state index contributed by atoms with van der Waals surface area (Å²) in [6.07, 6.45) is 0.166. The Morgan fingerprint density at radius 1 is 1.43 bits per heavy atom. The maximum Gasteiger partial charge on any atom is 0.255 e. The first-order valence-electron chi connectivity index (χ1n) is 9.07. The van der Waals surface area contributed by atoms with Gasteiger partial charge in [0, 0.05) is 33.6 Å². The third kappa shape index (κ3) is 3.56. The molecular weight excluding hydrogens is 364 g/mol. The number of likely N-dealkylation sites (N-methyl/N-ethyl adjacent to an activating group) is 2. The second-order valence-electron chi connectivity index (χ2n) is 7.67. The number of piperidine rings is 1. The van der Waals surface area contributed by atoms with Crippen LogP contribution in [0.1, 0.15) is 26.7 Å². The molecule has 0 aromatic heterocycles. The maximum atomic E-state index is 13.5. The Labute approximate surface area is 164 Å². The van der Waals surface area contributed by atoms with Crippen molar-refractivity contribution < 1.29 is 19.2 Å². The fraction of sp³-hybridized carbons (Fsp3) is 0.667. The number of rotatable bonds is 6. The van der Waals surface area contributed by atoms with Gasteiger partial charge in [0.15, 0.2) is 0 Å². The van der Waals surface area contributed by atoms with E-state index in [9.17, 15) is 19.2 Å². The van der Waals surface area contributed by atoms with Crippen molar-refractivity contribution in [1.82, 2.24) is 20.1 Å². The molecule has 2 aliphatic rings. The quantitative estimate of drug-likeness (QED) is 0.589. The molecule has 154 valence electrons. The molecule has 28 heavy (non-hydrogen) atoms. The zero-order chi connectivity index (χ0) is 21.3. The molecule has 0 bridgehead atoms. The van der Waals surface area contributed by atoms with Crippen molar-refractivity contribution in [3.63, 3.8) is 0 Å². The third-order valence-corrected chi connectivity index (χ3v) is 5.66. The summed E-state index contributed by atoms with van der Waals surface area (Å²) in [5, 5.41) is 8.33. The number of carbonyl (C=O) groups excluding carboxylic acids is 4. The Bertz CT molecular complexity index is 750. The lowest BCUT2D eigenvalue weighted by Crippen LogP contribution is -2.63. The highest BCUT2D eigenvalue weighted by Gasteiger charge is 2.53. The fourth-order valence-corrected chi connectivity index (χ4v) is 3.75. The van der Waals surface area contributed by atoms with Gasteiger partial charge in [-0.3, -0.25) is 19.2 Å². The third-order valence-electron chi connectivity index (χ3n) is 5.66. The van der Waals surface area contributed by atoms with Gasteiger partial charge in [0.25, 0.3) is 5.91 Å². The molecule has 0 radical (unpaired) electrons. The Hall–Kier alpha value is -2.62. The van der Waals surface area contributed by atoms with Crippen LogP contribution in [0.4, 0.5) is 0 Å². The number of hydrogen-bond acceptors (Lipinski definition) is 6. The fourth-order valence-electron chi connectivity index (χ4n) is 3.75. The van der Waals surface area contributed by atoms with Gasteiger partial charge in [0.05, 0.1) is 18.7 Å². The highest BCUT2D eigenvalue weighted by molar-refractivity contribution is 6.13. The van der Waals surface area contributed by atoms with Crippen LogP contribution in [0.15, 0.2) is 10.1 Å². The van der Waals surface area contributed by atoms with Gasteiger partial charge >= 0.3 is 0 Å². The first-order valence-corrected chi connectivity index (χ1v) is 9.07. The van der Waals surface area contributed by atoms with Crippen LogP contribution < -0.4 is 5.32 Å². The number of likely N-dealkylation sites (tertiary alicyclic amines) is 1. The first kappa shape index (κ1) is 21.7. The summed E-state index contributed by atoms with van der Waals surface area (Å²) in [5.74, 6) is -1.50. The van der Waals surface area contributed by atoms with Gasteiger partial charge in [-0.15, -0.1) is 0 Å². The van der Waals surface area contributed by atoms with Gasteiger partial charge in [-0.1, -0.05) is 0 Å². The van der Waals surface area contributed by atoms with E-state index in [1.54, 1.807) is 27.9 Å². The number of hydrogen-bond donors (Lipinski definition) is 1. The summed E-state index contributed by atoms with van der Waals surface area (Å²) in [6, 6.07) is 0. The summed E-state index contributed by atoms with van der Waals surface area (Å²) in [5.41, 5.74) is -1.59. The molecule has 0 spiro atoms. The van der Waals surface area contributed by atoms with Crippen LogP contribution >= 0.6 is 0 Å². The minimum Gasteiger partial charge on any atom is -0.339 e. The average molecular weight is 392 g/mol. The second-order valence-corrected chi connectivity index (χ2v) is 7.67. The normalized spacial score (nSPS) is 23.6. The van der Waals surface area contributed by atoms with Crippen molar-refractivity contribution in [2.24, 2.45) is 15.5 Å². The summed E-state index contributed by atoms with van der Waals surface area (Å²) < 4.78 is 0. The predicted octanol–water partition coefficient (Wildman–Crippen LogP) is -0.893. The van der Waals surface area contributed by atoms with Crippen LogP contribution in [-0.4, -0.2) is 97.2 Å². The average Bonchev–Trinajstić information content (AvgIpc) is 2.89. The molecule has 1 N–H and O–H groups in total. The zero-order valence-electron chi connectivity index (χ0n) is 17.1. The zero-order valence-corrected chi connectivity index (χ0v) is 17.1. The highest BCUT2D eigenvalue weighted by Crippen LogP contribution is 2.36. The Kier molecular flexibility index (Phi) is 6.03. The summed E-state index contributed by atoms with van der Waals surface area (Å²) in [7, 11) is 4.70. The minimum absolute atomic E-state index is 0.0207. The number of hydrazone groups is 1. The van der Waals surface area contributed by atoms with Crippen LogP contribution in [-0.2, 0) is 19.2 Å². The summed E-state index contributed by atoms with van der Waals surface area (Å²) >= 11 is 0. The number of fused-ring (bicyclic) bond motifs is 1. The van der Waals surface area contributed by atoms with Crippen LogP contribution in [0.3, 0.4) is 0 Å². The van der Waals surface area contributed by atoms with Gasteiger partial charge in [0.1, 0.15) is 11.0 Å². The van der Waals surface area contributed by atoms with Crippen molar-refractivity contribution in [1.29, 1.82) is 0 Å². The number of nitrogens with one attached hydrogen (secondary N) is 1. The van der Waals surface area contributed by atoms with E-state index in [2.05, 4.69) is 22.1 Å².